The average molecular weight is 249 g/mol. The number of hydrogen-bond donors (Lipinski definition) is 2. The summed E-state index contributed by atoms with van der Waals surface area (Å²) in [7, 11) is 3.85. The number of amides is 2. The number of benzene rings is 1. The van der Waals surface area contributed by atoms with E-state index in [1.165, 1.54) is 6.92 Å². The minimum Gasteiger partial charge on any atom is -0.378 e. The highest BCUT2D eigenvalue weighted by Crippen LogP contribution is 2.12. The normalized spacial score (nSPS) is 9.72. The summed E-state index contributed by atoms with van der Waals surface area (Å²) in [5.41, 5.74) is 1.59. The fourth-order valence-electron chi connectivity index (χ4n) is 1.44. The molecule has 0 aliphatic rings. The molecule has 0 unspecified atom stereocenters. The van der Waals surface area contributed by atoms with E-state index >= 15 is 0 Å². The topological polar surface area (TPSA) is 61.4 Å². The Bertz CT molecular complexity index is 430. The highest BCUT2D eigenvalue weighted by molar-refractivity contribution is 5.95. The van der Waals surface area contributed by atoms with Crippen molar-refractivity contribution < 1.29 is 9.59 Å². The molecule has 98 valence electrons. The molecule has 5 heteroatoms. The molecule has 0 spiro atoms. The Kier molecular flexibility index (Phi) is 5.17. The zero-order valence-electron chi connectivity index (χ0n) is 11.0. The second kappa shape index (κ2) is 6.64. The molecule has 0 saturated heterocycles. The van der Waals surface area contributed by atoms with Crippen molar-refractivity contribution >= 4 is 17.5 Å². The van der Waals surface area contributed by atoms with Gasteiger partial charge in [-0.3, -0.25) is 9.59 Å². The van der Waals surface area contributed by atoms with Gasteiger partial charge in [0.15, 0.2) is 0 Å². The first kappa shape index (κ1) is 14.0. The van der Waals surface area contributed by atoms with Crippen LogP contribution in [0.2, 0.25) is 0 Å². The summed E-state index contributed by atoms with van der Waals surface area (Å²) in [6.45, 7) is 2.31. The van der Waals surface area contributed by atoms with Crippen LogP contribution in [-0.4, -0.2) is 39.0 Å². The number of rotatable bonds is 5. The number of anilines is 1. The maximum absolute atomic E-state index is 11.8. The van der Waals surface area contributed by atoms with Gasteiger partial charge in [0.25, 0.3) is 5.91 Å². The second-order valence-corrected chi connectivity index (χ2v) is 4.18. The third kappa shape index (κ3) is 4.45. The highest BCUT2D eigenvalue weighted by atomic mass is 16.2. The first-order valence-electron chi connectivity index (χ1n) is 5.80. The van der Waals surface area contributed by atoms with Crippen LogP contribution in [0.1, 0.15) is 17.3 Å². The van der Waals surface area contributed by atoms with Gasteiger partial charge in [0, 0.05) is 45.4 Å². The average Bonchev–Trinajstić information content (AvgIpc) is 2.34. The largest absolute Gasteiger partial charge is 0.378 e. The summed E-state index contributed by atoms with van der Waals surface area (Å²) < 4.78 is 0. The summed E-state index contributed by atoms with van der Waals surface area (Å²) in [6.07, 6.45) is 0. The molecule has 2 amide bonds. The van der Waals surface area contributed by atoms with E-state index in [-0.39, 0.29) is 11.8 Å². The van der Waals surface area contributed by atoms with Crippen LogP contribution in [-0.2, 0) is 4.79 Å². The lowest BCUT2D eigenvalue weighted by Gasteiger charge is -2.13. The fourth-order valence-corrected chi connectivity index (χ4v) is 1.44. The van der Waals surface area contributed by atoms with Crippen LogP contribution in [0.5, 0.6) is 0 Å². The smallest absolute Gasteiger partial charge is 0.251 e. The zero-order chi connectivity index (χ0) is 13.5. The summed E-state index contributed by atoms with van der Waals surface area (Å²) in [4.78, 5) is 24.4. The Balaban J connectivity index is 2.51. The van der Waals surface area contributed by atoms with E-state index in [4.69, 9.17) is 0 Å². The minimum absolute atomic E-state index is 0.0983. The van der Waals surface area contributed by atoms with Crippen molar-refractivity contribution in [1.29, 1.82) is 0 Å². The monoisotopic (exact) mass is 249 g/mol. The standard InChI is InChI=1S/C13H19N3O2/c1-10(17)14-7-8-15-13(18)11-5-4-6-12(9-11)16(2)3/h4-6,9H,7-8H2,1-3H3,(H,14,17)(H,15,18). The molecule has 2 N–H and O–H groups in total. The van der Waals surface area contributed by atoms with E-state index in [1.54, 1.807) is 6.07 Å². The lowest BCUT2D eigenvalue weighted by molar-refractivity contribution is -0.118. The first-order chi connectivity index (χ1) is 8.50. The second-order valence-electron chi connectivity index (χ2n) is 4.18. The van der Waals surface area contributed by atoms with Crippen LogP contribution in [0.15, 0.2) is 24.3 Å². The molecule has 0 aliphatic carbocycles. The van der Waals surface area contributed by atoms with E-state index in [2.05, 4.69) is 10.6 Å². The zero-order valence-corrected chi connectivity index (χ0v) is 11.0. The van der Waals surface area contributed by atoms with Crippen molar-refractivity contribution in [3.63, 3.8) is 0 Å². The van der Waals surface area contributed by atoms with Gasteiger partial charge in [0.1, 0.15) is 0 Å². The van der Waals surface area contributed by atoms with Crippen molar-refractivity contribution in [2.24, 2.45) is 0 Å². The number of nitrogens with one attached hydrogen (secondary N) is 2. The van der Waals surface area contributed by atoms with Gasteiger partial charge in [0.2, 0.25) is 5.91 Å². The van der Waals surface area contributed by atoms with Crippen LogP contribution >= 0.6 is 0 Å². The van der Waals surface area contributed by atoms with Gasteiger partial charge in [-0.05, 0) is 18.2 Å². The molecule has 0 fully saturated rings. The quantitative estimate of drug-likeness (QED) is 0.752. The Hall–Kier alpha value is -2.04. The third-order valence-corrected chi connectivity index (χ3v) is 2.41. The number of nitrogens with zero attached hydrogens (tertiary/aromatic N) is 1. The molecule has 0 heterocycles. The van der Waals surface area contributed by atoms with Gasteiger partial charge in [-0.15, -0.1) is 0 Å². The van der Waals surface area contributed by atoms with Gasteiger partial charge in [0.05, 0.1) is 0 Å². The SMILES string of the molecule is CC(=O)NCCNC(=O)c1cccc(N(C)C)c1. The van der Waals surface area contributed by atoms with E-state index in [0.717, 1.165) is 5.69 Å². The number of hydrogen-bond acceptors (Lipinski definition) is 3. The van der Waals surface area contributed by atoms with Gasteiger partial charge < -0.3 is 15.5 Å². The molecular formula is C13H19N3O2. The molecule has 0 radical (unpaired) electrons. The first-order valence-corrected chi connectivity index (χ1v) is 5.80. The number of carbonyl (C=O) groups excluding carboxylic acids is 2. The summed E-state index contributed by atoms with van der Waals surface area (Å²) in [6, 6.07) is 7.38. The van der Waals surface area contributed by atoms with Crippen LogP contribution in [0.4, 0.5) is 5.69 Å². The van der Waals surface area contributed by atoms with Gasteiger partial charge in [-0.2, -0.15) is 0 Å². The minimum atomic E-state index is -0.135. The Labute approximate surface area is 107 Å². The van der Waals surface area contributed by atoms with E-state index in [1.807, 2.05) is 37.2 Å². The van der Waals surface area contributed by atoms with Crippen molar-refractivity contribution in [3.05, 3.63) is 29.8 Å². The van der Waals surface area contributed by atoms with E-state index < -0.39 is 0 Å². The third-order valence-electron chi connectivity index (χ3n) is 2.41. The molecule has 18 heavy (non-hydrogen) atoms. The van der Waals surface area contributed by atoms with Crippen LogP contribution in [0.25, 0.3) is 0 Å². The van der Waals surface area contributed by atoms with Crippen molar-refractivity contribution in [2.75, 3.05) is 32.1 Å². The molecule has 1 rings (SSSR count). The molecule has 0 aliphatic heterocycles. The van der Waals surface area contributed by atoms with E-state index in [9.17, 15) is 9.59 Å². The lowest BCUT2D eigenvalue weighted by atomic mass is 10.2. The number of carbonyl (C=O) groups is 2. The Morgan fingerprint density at radius 1 is 1.17 bits per heavy atom. The molecule has 0 bridgehead atoms. The predicted molar refractivity (Wildman–Crippen MR) is 71.8 cm³/mol. The Morgan fingerprint density at radius 3 is 2.44 bits per heavy atom. The highest BCUT2D eigenvalue weighted by Gasteiger charge is 2.06. The van der Waals surface area contributed by atoms with Crippen LogP contribution in [0.3, 0.4) is 0 Å². The molecule has 0 aromatic heterocycles. The van der Waals surface area contributed by atoms with Gasteiger partial charge in [-0.1, -0.05) is 6.07 Å². The fraction of sp³-hybridized carbons (Fsp3) is 0.385. The maximum atomic E-state index is 11.8. The Morgan fingerprint density at radius 2 is 1.83 bits per heavy atom. The maximum Gasteiger partial charge on any atom is 0.251 e. The van der Waals surface area contributed by atoms with Crippen molar-refractivity contribution in [2.45, 2.75) is 6.92 Å². The molecule has 0 saturated carbocycles. The van der Waals surface area contributed by atoms with Crippen LogP contribution < -0.4 is 15.5 Å². The molecule has 1 aromatic rings. The molecule has 1 aromatic carbocycles. The van der Waals surface area contributed by atoms with Gasteiger partial charge >= 0.3 is 0 Å². The molecular weight excluding hydrogens is 230 g/mol. The van der Waals surface area contributed by atoms with Crippen molar-refractivity contribution in [3.8, 4) is 0 Å². The van der Waals surface area contributed by atoms with Gasteiger partial charge in [-0.25, -0.2) is 0 Å². The predicted octanol–water partition coefficient (Wildman–Crippen LogP) is 0.618. The molecule has 0 atom stereocenters. The van der Waals surface area contributed by atoms with Crippen LogP contribution in [0, 0.1) is 0 Å². The summed E-state index contributed by atoms with van der Waals surface area (Å²) in [5, 5.41) is 5.37. The molecule has 5 nitrogen and oxygen atoms in total. The summed E-state index contributed by atoms with van der Waals surface area (Å²) >= 11 is 0. The summed E-state index contributed by atoms with van der Waals surface area (Å²) in [5.74, 6) is -0.233. The van der Waals surface area contributed by atoms with E-state index in [0.29, 0.717) is 18.7 Å². The van der Waals surface area contributed by atoms with Crippen molar-refractivity contribution in [1.82, 2.24) is 10.6 Å². The lowest BCUT2D eigenvalue weighted by Crippen LogP contribution is -2.33.